The van der Waals surface area contributed by atoms with E-state index >= 15 is 0 Å². The SMILES string of the molecule is Cc1nc(NCCNS(=O)(=O)c2ccc(I)cc2)cc(-n2cccn2)n1. The zero-order chi connectivity index (χ0) is 18.6. The summed E-state index contributed by atoms with van der Waals surface area (Å²) in [5.41, 5.74) is 0. The van der Waals surface area contributed by atoms with Gasteiger partial charge in [0.25, 0.3) is 0 Å². The second-order valence-electron chi connectivity index (χ2n) is 5.39. The van der Waals surface area contributed by atoms with Gasteiger partial charge in [0.15, 0.2) is 5.82 Å². The molecule has 26 heavy (non-hydrogen) atoms. The summed E-state index contributed by atoms with van der Waals surface area (Å²) in [5, 5.41) is 7.24. The number of aromatic nitrogens is 4. The molecule has 2 aromatic heterocycles. The molecule has 0 radical (unpaired) electrons. The Labute approximate surface area is 165 Å². The van der Waals surface area contributed by atoms with Crippen molar-refractivity contribution in [3.05, 3.63) is 58.2 Å². The van der Waals surface area contributed by atoms with Crippen LogP contribution in [0.25, 0.3) is 5.82 Å². The van der Waals surface area contributed by atoms with Crippen molar-refractivity contribution in [2.75, 3.05) is 18.4 Å². The summed E-state index contributed by atoms with van der Waals surface area (Å²) in [7, 11) is -3.52. The molecule has 0 saturated carbocycles. The van der Waals surface area contributed by atoms with Crippen molar-refractivity contribution in [3.63, 3.8) is 0 Å². The Morgan fingerprint density at radius 3 is 2.62 bits per heavy atom. The summed E-state index contributed by atoms with van der Waals surface area (Å²) in [6.45, 7) is 2.41. The lowest BCUT2D eigenvalue weighted by atomic mass is 10.4. The van der Waals surface area contributed by atoms with Gasteiger partial charge in [-0.3, -0.25) is 0 Å². The first-order valence-corrected chi connectivity index (χ1v) is 10.3. The topological polar surface area (TPSA) is 102 Å². The molecule has 0 unspecified atom stereocenters. The first-order valence-electron chi connectivity index (χ1n) is 7.79. The van der Waals surface area contributed by atoms with Crippen LogP contribution in [-0.2, 0) is 10.0 Å². The summed E-state index contributed by atoms with van der Waals surface area (Å²) in [4.78, 5) is 8.88. The van der Waals surface area contributed by atoms with E-state index in [1.807, 2.05) is 6.07 Å². The molecule has 0 aliphatic rings. The van der Waals surface area contributed by atoms with Gasteiger partial charge in [-0.1, -0.05) is 0 Å². The molecule has 1 aromatic carbocycles. The predicted molar refractivity (Wildman–Crippen MR) is 107 cm³/mol. The largest absolute Gasteiger partial charge is 0.369 e. The number of hydrogen-bond acceptors (Lipinski definition) is 6. The van der Waals surface area contributed by atoms with Crippen molar-refractivity contribution < 1.29 is 8.42 Å². The Hall–Kier alpha value is -2.05. The fraction of sp³-hybridized carbons (Fsp3) is 0.188. The van der Waals surface area contributed by atoms with Gasteiger partial charge in [-0.15, -0.1) is 0 Å². The first kappa shape index (κ1) is 18.7. The van der Waals surface area contributed by atoms with E-state index in [1.54, 1.807) is 54.3 Å². The van der Waals surface area contributed by atoms with E-state index in [-0.39, 0.29) is 11.4 Å². The van der Waals surface area contributed by atoms with Gasteiger partial charge in [-0.05, 0) is 59.8 Å². The summed E-state index contributed by atoms with van der Waals surface area (Å²) in [5.74, 6) is 1.85. The standard InChI is InChI=1S/C16H17IN6O2S/c1-12-21-15(11-16(22-12)23-10-2-7-19-23)18-8-9-20-26(24,25)14-5-3-13(17)4-6-14/h2-7,10-11,20H,8-9H2,1H3,(H,18,21,22). The van der Waals surface area contributed by atoms with E-state index in [2.05, 4.69) is 47.7 Å². The molecule has 3 rings (SSSR count). The lowest BCUT2D eigenvalue weighted by Crippen LogP contribution is -2.29. The van der Waals surface area contributed by atoms with E-state index in [1.165, 1.54) is 0 Å². The maximum absolute atomic E-state index is 12.2. The minimum absolute atomic E-state index is 0.231. The second kappa shape index (κ2) is 8.10. The lowest BCUT2D eigenvalue weighted by molar-refractivity contribution is 0.583. The van der Waals surface area contributed by atoms with Crippen molar-refractivity contribution in [1.29, 1.82) is 0 Å². The van der Waals surface area contributed by atoms with E-state index in [0.717, 1.165) is 3.57 Å². The van der Waals surface area contributed by atoms with Crippen molar-refractivity contribution in [3.8, 4) is 5.82 Å². The molecular weight excluding hydrogens is 467 g/mol. The summed E-state index contributed by atoms with van der Waals surface area (Å²) < 4.78 is 29.7. The average Bonchev–Trinajstić information content (AvgIpc) is 3.13. The van der Waals surface area contributed by atoms with Crippen LogP contribution in [0, 0.1) is 10.5 Å². The Bertz CT molecular complexity index is 974. The van der Waals surface area contributed by atoms with Gasteiger partial charge in [0.1, 0.15) is 11.6 Å². The summed E-state index contributed by atoms with van der Waals surface area (Å²) in [6, 6.07) is 10.3. The molecule has 0 saturated heterocycles. The van der Waals surface area contributed by atoms with Gasteiger partial charge < -0.3 is 5.32 Å². The molecule has 0 atom stereocenters. The van der Waals surface area contributed by atoms with Gasteiger partial charge in [0, 0.05) is 35.1 Å². The predicted octanol–water partition coefficient (Wildman–Crippen LogP) is 1.97. The molecule has 0 bridgehead atoms. The smallest absolute Gasteiger partial charge is 0.240 e. The van der Waals surface area contributed by atoms with Crippen LogP contribution in [0.3, 0.4) is 0 Å². The highest BCUT2D eigenvalue weighted by molar-refractivity contribution is 14.1. The monoisotopic (exact) mass is 484 g/mol. The first-order chi connectivity index (χ1) is 12.4. The number of hydrogen-bond donors (Lipinski definition) is 2. The quantitative estimate of drug-likeness (QED) is 0.393. The van der Waals surface area contributed by atoms with Crippen LogP contribution in [0.15, 0.2) is 53.7 Å². The van der Waals surface area contributed by atoms with Crippen molar-refractivity contribution in [2.24, 2.45) is 0 Å². The molecule has 0 aliphatic carbocycles. The maximum atomic E-state index is 12.2. The highest BCUT2D eigenvalue weighted by Gasteiger charge is 2.12. The fourth-order valence-electron chi connectivity index (χ4n) is 2.24. The number of aryl methyl sites for hydroxylation is 1. The molecule has 0 spiro atoms. The van der Waals surface area contributed by atoms with Crippen molar-refractivity contribution >= 4 is 38.4 Å². The summed E-state index contributed by atoms with van der Waals surface area (Å²) >= 11 is 2.13. The van der Waals surface area contributed by atoms with Crippen LogP contribution in [0.1, 0.15) is 5.82 Å². The van der Waals surface area contributed by atoms with Crippen molar-refractivity contribution in [2.45, 2.75) is 11.8 Å². The Morgan fingerprint density at radius 2 is 1.92 bits per heavy atom. The third-order valence-corrected chi connectivity index (χ3v) is 5.61. The van der Waals surface area contributed by atoms with E-state index < -0.39 is 10.0 Å². The highest BCUT2D eigenvalue weighted by atomic mass is 127. The molecule has 8 nitrogen and oxygen atoms in total. The Kier molecular flexibility index (Phi) is 5.84. The van der Waals surface area contributed by atoms with Crippen LogP contribution >= 0.6 is 22.6 Å². The number of nitrogens with zero attached hydrogens (tertiary/aromatic N) is 4. The number of anilines is 1. The Balaban J connectivity index is 1.59. The second-order valence-corrected chi connectivity index (χ2v) is 8.40. The normalized spacial score (nSPS) is 11.5. The van der Waals surface area contributed by atoms with E-state index in [4.69, 9.17) is 0 Å². The molecule has 3 aromatic rings. The van der Waals surface area contributed by atoms with Gasteiger partial charge in [-0.25, -0.2) is 27.8 Å². The van der Waals surface area contributed by atoms with Crippen LogP contribution in [0.2, 0.25) is 0 Å². The Morgan fingerprint density at radius 1 is 1.15 bits per heavy atom. The summed E-state index contributed by atoms with van der Waals surface area (Å²) in [6.07, 6.45) is 3.46. The van der Waals surface area contributed by atoms with Crippen LogP contribution in [-0.4, -0.2) is 41.3 Å². The van der Waals surface area contributed by atoms with Gasteiger partial charge >= 0.3 is 0 Å². The molecule has 136 valence electrons. The third-order valence-electron chi connectivity index (χ3n) is 3.41. The van der Waals surface area contributed by atoms with Crippen LogP contribution in [0.5, 0.6) is 0 Å². The molecule has 2 N–H and O–H groups in total. The van der Waals surface area contributed by atoms with Gasteiger partial charge in [0.05, 0.1) is 4.90 Å². The molecule has 10 heteroatoms. The third kappa shape index (κ3) is 4.77. The highest BCUT2D eigenvalue weighted by Crippen LogP contribution is 2.12. The van der Waals surface area contributed by atoms with E-state index in [9.17, 15) is 8.42 Å². The molecule has 0 aliphatic heterocycles. The number of nitrogens with one attached hydrogen (secondary N) is 2. The number of rotatable bonds is 7. The molecular formula is C16H17IN6O2S. The minimum atomic E-state index is -3.52. The molecule has 0 amide bonds. The zero-order valence-electron chi connectivity index (χ0n) is 13.9. The molecule has 2 heterocycles. The van der Waals surface area contributed by atoms with E-state index in [0.29, 0.717) is 24.0 Å². The average molecular weight is 484 g/mol. The zero-order valence-corrected chi connectivity index (χ0v) is 16.9. The van der Waals surface area contributed by atoms with Crippen LogP contribution in [0.4, 0.5) is 5.82 Å². The number of sulfonamides is 1. The fourth-order valence-corrected chi connectivity index (χ4v) is 3.63. The molecule has 0 fully saturated rings. The maximum Gasteiger partial charge on any atom is 0.240 e. The number of halogens is 1. The number of benzene rings is 1. The van der Waals surface area contributed by atoms with Gasteiger partial charge in [0.2, 0.25) is 10.0 Å². The van der Waals surface area contributed by atoms with Crippen molar-refractivity contribution in [1.82, 2.24) is 24.5 Å². The minimum Gasteiger partial charge on any atom is -0.369 e. The van der Waals surface area contributed by atoms with Gasteiger partial charge in [-0.2, -0.15) is 5.10 Å². The van der Waals surface area contributed by atoms with Crippen LogP contribution < -0.4 is 10.0 Å². The lowest BCUT2D eigenvalue weighted by Gasteiger charge is -2.10.